The van der Waals surface area contributed by atoms with Crippen molar-refractivity contribution in [3.05, 3.63) is 95.6 Å². The molecule has 6 heteroatoms. The number of benzene rings is 3. The van der Waals surface area contributed by atoms with E-state index in [4.69, 9.17) is 9.72 Å². The van der Waals surface area contributed by atoms with Crippen molar-refractivity contribution in [2.24, 2.45) is 0 Å². The molecule has 0 aliphatic rings. The fourth-order valence-electron chi connectivity index (χ4n) is 4.21. The maximum atomic E-state index is 13.1. The molecule has 0 radical (unpaired) electrons. The number of aryl methyl sites for hydroxylation is 2. The van der Waals surface area contributed by atoms with Gasteiger partial charge in [0.1, 0.15) is 17.4 Å². The number of nitrogens with zero attached hydrogens (tertiary/aromatic N) is 2. The number of carbonyl (C=O) groups excluding carboxylic acids is 1. The lowest BCUT2D eigenvalue weighted by atomic mass is 10.0. The molecule has 0 aliphatic heterocycles. The Morgan fingerprint density at radius 1 is 1.00 bits per heavy atom. The first kappa shape index (κ1) is 24.5. The molecule has 1 N–H and O–H groups in total. The summed E-state index contributed by atoms with van der Waals surface area (Å²) in [7, 11) is 0. The van der Waals surface area contributed by atoms with E-state index in [0.29, 0.717) is 24.6 Å². The Hall–Kier alpha value is -3.67. The number of aromatic nitrogens is 2. The molecule has 0 unspecified atom stereocenters. The Labute approximate surface area is 206 Å². The van der Waals surface area contributed by atoms with Crippen molar-refractivity contribution in [1.82, 2.24) is 14.9 Å². The molecule has 4 aromatic rings. The zero-order valence-corrected chi connectivity index (χ0v) is 20.3. The molecule has 0 aliphatic carbocycles. The molecule has 35 heavy (non-hydrogen) atoms. The predicted molar refractivity (Wildman–Crippen MR) is 137 cm³/mol. The molecule has 3 aromatic carbocycles. The van der Waals surface area contributed by atoms with Crippen LogP contribution in [0.1, 0.15) is 54.4 Å². The topological polar surface area (TPSA) is 56.1 Å². The zero-order chi connectivity index (χ0) is 24.6. The highest BCUT2D eigenvalue weighted by Crippen LogP contribution is 2.26. The van der Waals surface area contributed by atoms with Gasteiger partial charge in [-0.25, -0.2) is 9.37 Å². The first-order chi connectivity index (χ1) is 17.0. The van der Waals surface area contributed by atoms with E-state index in [-0.39, 0.29) is 11.7 Å². The summed E-state index contributed by atoms with van der Waals surface area (Å²) >= 11 is 0. The average Bonchev–Trinajstić information content (AvgIpc) is 3.22. The molecular formula is C29H32FN3O2. The van der Waals surface area contributed by atoms with E-state index in [1.165, 1.54) is 29.8 Å². The normalized spacial score (nSPS) is 11.2. The van der Waals surface area contributed by atoms with Gasteiger partial charge in [-0.3, -0.25) is 4.79 Å². The van der Waals surface area contributed by atoms with Crippen molar-refractivity contribution in [1.29, 1.82) is 0 Å². The van der Waals surface area contributed by atoms with E-state index in [0.717, 1.165) is 48.4 Å². The number of nitrogens with one attached hydrogen (secondary N) is 1. The number of hydrogen-bond acceptors (Lipinski definition) is 3. The van der Waals surface area contributed by atoms with Gasteiger partial charge in [0.25, 0.3) is 5.91 Å². The SMILES string of the molecule is CC(C)c1ccccc1OCCCn1c(CCCNC(=O)c2ccc(F)cc2)nc2ccccc21. The fraction of sp³-hybridized carbons (Fsp3) is 0.310. The Balaban J connectivity index is 1.34. The minimum absolute atomic E-state index is 0.197. The number of hydrogen-bond donors (Lipinski definition) is 1. The molecule has 1 amide bonds. The van der Waals surface area contributed by atoms with Crippen LogP contribution in [0.15, 0.2) is 72.8 Å². The summed E-state index contributed by atoms with van der Waals surface area (Å²) in [5.41, 5.74) is 3.77. The minimum Gasteiger partial charge on any atom is -0.493 e. The van der Waals surface area contributed by atoms with Crippen LogP contribution in [0.25, 0.3) is 11.0 Å². The summed E-state index contributed by atoms with van der Waals surface area (Å²) in [6, 6.07) is 21.9. The fourth-order valence-corrected chi connectivity index (χ4v) is 4.21. The Morgan fingerprint density at radius 2 is 1.74 bits per heavy atom. The molecule has 4 rings (SSSR count). The lowest BCUT2D eigenvalue weighted by Gasteiger charge is -2.14. The van der Waals surface area contributed by atoms with Crippen LogP contribution in [0, 0.1) is 5.82 Å². The van der Waals surface area contributed by atoms with Crippen molar-refractivity contribution in [3.8, 4) is 5.75 Å². The number of halogens is 1. The molecule has 0 fully saturated rings. The van der Waals surface area contributed by atoms with E-state index in [1.54, 1.807) is 0 Å². The number of rotatable bonds is 11. The summed E-state index contributed by atoms with van der Waals surface area (Å²) in [4.78, 5) is 17.1. The Morgan fingerprint density at radius 3 is 2.54 bits per heavy atom. The average molecular weight is 474 g/mol. The van der Waals surface area contributed by atoms with Crippen LogP contribution < -0.4 is 10.1 Å². The van der Waals surface area contributed by atoms with Crippen molar-refractivity contribution < 1.29 is 13.9 Å². The lowest BCUT2D eigenvalue weighted by Crippen LogP contribution is -2.25. The van der Waals surface area contributed by atoms with E-state index < -0.39 is 0 Å². The second kappa shape index (κ2) is 11.6. The Bertz CT molecular complexity index is 1260. The highest BCUT2D eigenvalue weighted by Gasteiger charge is 2.12. The number of carbonyl (C=O) groups is 1. The molecule has 0 bridgehead atoms. The van der Waals surface area contributed by atoms with Crippen LogP contribution in [0.3, 0.4) is 0 Å². The summed E-state index contributed by atoms with van der Waals surface area (Å²) in [6.45, 7) is 6.31. The van der Waals surface area contributed by atoms with Gasteiger partial charge in [-0.1, -0.05) is 44.2 Å². The maximum absolute atomic E-state index is 13.1. The van der Waals surface area contributed by atoms with Crippen LogP contribution >= 0.6 is 0 Å². The largest absolute Gasteiger partial charge is 0.493 e. The third-order valence-corrected chi connectivity index (χ3v) is 6.03. The number of para-hydroxylation sites is 3. The van der Waals surface area contributed by atoms with Gasteiger partial charge in [0.15, 0.2) is 0 Å². The van der Waals surface area contributed by atoms with Crippen molar-refractivity contribution in [2.75, 3.05) is 13.2 Å². The molecular weight excluding hydrogens is 441 g/mol. The van der Waals surface area contributed by atoms with Gasteiger partial charge >= 0.3 is 0 Å². The first-order valence-corrected chi connectivity index (χ1v) is 12.2. The van der Waals surface area contributed by atoms with Crippen molar-refractivity contribution >= 4 is 16.9 Å². The maximum Gasteiger partial charge on any atom is 0.251 e. The van der Waals surface area contributed by atoms with Gasteiger partial charge in [0.05, 0.1) is 17.6 Å². The zero-order valence-electron chi connectivity index (χ0n) is 20.3. The van der Waals surface area contributed by atoms with Crippen LogP contribution in [0.5, 0.6) is 5.75 Å². The molecule has 1 aromatic heterocycles. The number of ether oxygens (including phenoxy) is 1. The third kappa shape index (κ3) is 6.27. The smallest absolute Gasteiger partial charge is 0.251 e. The first-order valence-electron chi connectivity index (χ1n) is 12.2. The summed E-state index contributed by atoms with van der Waals surface area (Å²) < 4.78 is 21.4. The highest BCUT2D eigenvalue weighted by molar-refractivity contribution is 5.94. The second-order valence-electron chi connectivity index (χ2n) is 8.93. The second-order valence-corrected chi connectivity index (χ2v) is 8.93. The number of amides is 1. The quantitative estimate of drug-likeness (QED) is 0.267. The molecule has 0 saturated heterocycles. The van der Waals surface area contributed by atoms with Crippen molar-refractivity contribution in [3.63, 3.8) is 0 Å². The third-order valence-electron chi connectivity index (χ3n) is 6.03. The van der Waals surface area contributed by atoms with Gasteiger partial charge in [-0.2, -0.15) is 0 Å². The molecule has 5 nitrogen and oxygen atoms in total. The van der Waals surface area contributed by atoms with Crippen LogP contribution in [-0.4, -0.2) is 28.6 Å². The van der Waals surface area contributed by atoms with Gasteiger partial charge in [-0.15, -0.1) is 0 Å². The molecule has 0 atom stereocenters. The van der Waals surface area contributed by atoms with Crippen LogP contribution in [0.4, 0.5) is 4.39 Å². The van der Waals surface area contributed by atoms with Crippen molar-refractivity contribution in [2.45, 2.75) is 45.6 Å². The number of fused-ring (bicyclic) bond motifs is 1. The van der Waals surface area contributed by atoms with Gasteiger partial charge in [0, 0.05) is 25.1 Å². The Kier molecular flexibility index (Phi) is 8.14. The predicted octanol–water partition coefficient (Wildman–Crippen LogP) is 6.13. The van der Waals surface area contributed by atoms with Crippen LogP contribution in [0.2, 0.25) is 0 Å². The highest BCUT2D eigenvalue weighted by atomic mass is 19.1. The standard InChI is InChI=1S/C29H32FN3O2/c1-21(2)24-9-3-6-12-27(24)35-20-8-19-33-26-11-5-4-10-25(26)32-28(33)13-7-18-31-29(34)22-14-16-23(30)17-15-22/h3-6,9-12,14-17,21H,7-8,13,18-20H2,1-2H3,(H,31,34). The molecule has 1 heterocycles. The van der Waals surface area contributed by atoms with Gasteiger partial charge in [0.2, 0.25) is 0 Å². The monoisotopic (exact) mass is 473 g/mol. The van der Waals surface area contributed by atoms with E-state index in [9.17, 15) is 9.18 Å². The van der Waals surface area contributed by atoms with E-state index in [2.05, 4.69) is 35.9 Å². The minimum atomic E-state index is -0.352. The van der Waals surface area contributed by atoms with Gasteiger partial charge < -0.3 is 14.6 Å². The molecule has 0 saturated carbocycles. The number of imidazole rings is 1. The van der Waals surface area contributed by atoms with E-state index in [1.807, 2.05) is 36.4 Å². The summed E-state index contributed by atoms with van der Waals surface area (Å²) in [5, 5.41) is 2.91. The van der Waals surface area contributed by atoms with E-state index >= 15 is 0 Å². The molecule has 182 valence electrons. The molecule has 0 spiro atoms. The van der Waals surface area contributed by atoms with Crippen LogP contribution in [-0.2, 0) is 13.0 Å². The summed E-state index contributed by atoms with van der Waals surface area (Å²) in [6.07, 6.45) is 2.37. The summed E-state index contributed by atoms with van der Waals surface area (Å²) in [5.74, 6) is 1.83. The lowest BCUT2D eigenvalue weighted by molar-refractivity contribution is 0.0953. The van der Waals surface area contributed by atoms with Gasteiger partial charge in [-0.05, 0) is 66.8 Å².